The summed E-state index contributed by atoms with van der Waals surface area (Å²) in [6, 6.07) is 7.22. The van der Waals surface area contributed by atoms with E-state index in [0.717, 1.165) is 5.56 Å². The third kappa shape index (κ3) is 3.73. The molecule has 1 aromatic carbocycles. The van der Waals surface area contributed by atoms with E-state index in [4.69, 9.17) is 5.73 Å². The second-order valence-electron chi connectivity index (χ2n) is 5.36. The van der Waals surface area contributed by atoms with Crippen LogP contribution in [0.4, 0.5) is 5.69 Å². The first-order valence-electron chi connectivity index (χ1n) is 6.67. The van der Waals surface area contributed by atoms with Gasteiger partial charge in [0.1, 0.15) is 0 Å². The molecule has 0 atom stereocenters. The molecule has 2 amide bonds. The van der Waals surface area contributed by atoms with Crippen molar-refractivity contribution in [3.63, 3.8) is 0 Å². The van der Waals surface area contributed by atoms with Crippen LogP contribution >= 0.6 is 0 Å². The topological polar surface area (TPSA) is 75.4 Å². The van der Waals surface area contributed by atoms with Crippen molar-refractivity contribution in [1.82, 2.24) is 10.2 Å². The van der Waals surface area contributed by atoms with Gasteiger partial charge in [-0.25, -0.2) is 0 Å². The van der Waals surface area contributed by atoms with Gasteiger partial charge < -0.3 is 16.0 Å². The van der Waals surface area contributed by atoms with Gasteiger partial charge in [-0.1, -0.05) is 12.1 Å². The summed E-state index contributed by atoms with van der Waals surface area (Å²) >= 11 is 0. The molecule has 0 aliphatic carbocycles. The number of nitrogens with two attached hydrogens (primary N) is 1. The van der Waals surface area contributed by atoms with Crippen molar-refractivity contribution in [2.75, 3.05) is 25.9 Å². The molecule has 0 fully saturated rings. The highest BCUT2D eigenvalue weighted by Gasteiger charge is 2.32. The molecule has 3 N–H and O–H groups in total. The monoisotopic (exact) mass is 277 g/mol. The Kier molecular flexibility index (Phi) is 5.13. The minimum atomic E-state index is -0.699. The number of likely N-dealkylation sites (N-methyl/N-ethyl adjacent to an activating group) is 2. The van der Waals surface area contributed by atoms with Crippen molar-refractivity contribution in [3.8, 4) is 0 Å². The van der Waals surface area contributed by atoms with Gasteiger partial charge in [-0.15, -0.1) is 0 Å². The number of carbonyl (C=O) groups is 2. The van der Waals surface area contributed by atoms with Crippen molar-refractivity contribution in [1.29, 1.82) is 0 Å². The van der Waals surface area contributed by atoms with Gasteiger partial charge in [-0.3, -0.25) is 9.59 Å². The Morgan fingerprint density at radius 2 is 1.80 bits per heavy atom. The van der Waals surface area contributed by atoms with E-state index >= 15 is 0 Å². The van der Waals surface area contributed by atoms with E-state index in [9.17, 15) is 9.59 Å². The number of nitrogens with zero attached hydrogens (tertiary/aromatic N) is 1. The smallest absolute Gasteiger partial charge is 0.239 e. The SMILES string of the molecule is CCNC(=O)CN(C)C(=O)C(C)(C)c1ccc(N)cc1. The van der Waals surface area contributed by atoms with Crippen molar-refractivity contribution in [3.05, 3.63) is 29.8 Å². The van der Waals surface area contributed by atoms with E-state index in [-0.39, 0.29) is 18.4 Å². The lowest BCUT2D eigenvalue weighted by atomic mass is 9.83. The van der Waals surface area contributed by atoms with Crippen molar-refractivity contribution >= 4 is 17.5 Å². The fraction of sp³-hybridized carbons (Fsp3) is 0.467. The van der Waals surface area contributed by atoms with E-state index in [1.54, 1.807) is 19.2 Å². The molecule has 1 aromatic rings. The maximum Gasteiger partial charge on any atom is 0.239 e. The van der Waals surface area contributed by atoms with Crippen LogP contribution in [-0.2, 0) is 15.0 Å². The third-order valence-corrected chi connectivity index (χ3v) is 3.27. The summed E-state index contributed by atoms with van der Waals surface area (Å²) in [6.45, 7) is 6.15. The number of hydrogen-bond donors (Lipinski definition) is 2. The Morgan fingerprint density at radius 3 is 2.30 bits per heavy atom. The van der Waals surface area contributed by atoms with Crippen LogP contribution in [0.3, 0.4) is 0 Å². The van der Waals surface area contributed by atoms with Crippen LogP contribution < -0.4 is 11.1 Å². The summed E-state index contributed by atoms with van der Waals surface area (Å²) in [5.74, 6) is -0.259. The average molecular weight is 277 g/mol. The summed E-state index contributed by atoms with van der Waals surface area (Å²) in [5.41, 5.74) is 6.49. The highest BCUT2D eigenvalue weighted by Crippen LogP contribution is 2.26. The second-order valence-corrected chi connectivity index (χ2v) is 5.36. The Hall–Kier alpha value is -2.04. The summed E-state index contributed by atoms with van der Waals surface area (Å²) < 4.78 is 0. The van der Waals surface area contributed by atoms with Crippen molar-refractivity contribution in [2.24, 2.45) is 0 Å². The molecule has 0 aromatic heterocycles. The van der Waals surface area contributed by atoms with Crippen LogP contribution in [0.2, 0.25) is 0 Å². The zero-order valence-corrected chi connectivity index (χ0v) is 12.6. The highest BCUT2D eigenvalue weighted by atomic mass is 16.2. The quantitative estimate of drug-likeness (QED) is 0.793. The number of anilines is 1. The van der Waals surface area contributed by atoms with Gasteiger partial charge in [0, 0.05) is 19.3 Å². The average Bonchev–Trinajstić information content (AvgIpc) is 2.38. The second kappa shape index (κ2) is 6.41. The molecular formula is C15H23N3O2. The summed E-state index contributed by atoms with van der Waals surface area (Å²) in [5, 5.41) is 2.68. The predicted molar refractivity (Wildman–Crippen MR) is 80.2 cm³/mol. The molecule has 0 saturated heterocycles. The van der Waals surface area contributed by atoms with Gasteiger partial charge in [0.2, 0.25) is 11.8 Å². The highest BCUT2D eigenvalue weighted by molar-refractivity contribution is 5.90. The molecule has 5 heteroatoms. The first-order valence-corrected chi connectivity index (χ1v) is 6.67. The zero-order valence-electron chi connectivity index (χ0n) is 12.6. The lowest BCUT2D eigenvalue weighted by Crippen LogP contribution is -2.45. The third-order valence-electron chi connectivity index (χ3n) is 3.27. The number of carbonyl (C=O) groups excluding carboxylic acids is 2. The van der Waals surface area contributed by atoms with Crippen LogP contribution in [0.15, 0.2) is 24.3 Å². The summed E-state index contributed by atoms with van der Waals surface area (Å²) in [7, 11) is 1.64. The Labute approximate surface area is 120 Å². The van der Waals surface area contributed by atoms with E-state index in [2.05, 4.69) is 5.32 Å². The van der Waals surface area contributed by atoms with E-state index in [1.807, 2.05) is 32.9 Å². The fourth-order valence-corrected chi connectivity index (χ4v) is 2.04. The fourth-order valence-electron chi connectivity index (χ4n) is 2.04. The molecule has 110 valence electrons. The Bertz CT molecular complexity index is 480. The van der Waals surface area contributed by atoms with Crippen LogP contribution in [0, 0.1) is 0 Å². The number of hydrogen-bond acceptors (Lipinski definition) is 3. The molecule has 1 rings (SSSR count). The number of benzene rings is 1. The Morgan fingerprint density at radius 1 is 1.25 bits per heavy atom. The van der Waals surface area contributed by atoms with Crippen molar-refractivity contribution in [2.45, 2.75) is 26.2 Å². The number of amides is 2. The largest absolute Gasteiger partial charge is 0.399 e. The van der Waals surface area contributed by atoms with Crippen LogP contribution in [0.5, 0.6) is 0 Å². The molecule has 0 unspecified atom stereocenters. The summed E-state index contributed by atoms with van der Waals surface area (Å²) in [6.07, 6.45) is 0. The van der Waals surface area contributed by atoms with E-state index in [0.29, 0.717) is 12.2 Å². The molecule has 0 spiro atoms. The standard InChI is InChI=1S/C15H23N3O2/c1-5-17-13(19)10-18(4)14(20)15(2,3)11-6-8-12(16)9-7-11/h6-9H,5,10,16H2,1-4H3,(H,17,19). The minimum absolute atomic E-state index is 0.0606. The van der Waals surface area contributed by atoms with E-state index < -0.39 is 5.41 Å². The molecule has 20 heavy (non-hydrogen) atoms. The first-order chi connectivity index (χ1) is 9.28. The van der Waals surface area contributed by atoms with Gasteiger partial charge in [-0.05, 0) is 38.5 Å². The molecule has 0 aliphatic heterocycles. The van der Waals surface area contributed by atoms with Gasteiger partial charge in [0.15, 0.2) is 0 Å². The Balaban J connectivity index is 2.83. The van der Waals surface area contributed by atoms with Crippen molar-refractivity contribution < 1.29 is 9.59 Å². The normalized spacial score (nSPS) is 11.0. The predicted octanol–water partition coefficient (Wildman–Crippen LogP) is 1.14. The molecule has 5 nitrogen and oxygen atoms in total. The molecular weight excluding hydrogens is 254 g/mol. The van der Waals surface area contributed by atoms with Crippen LogP contribution in [0.1, 0.15) is 26.3 Å². The molecule has 0 saturated carbocycles. The minimum Gasteiger partial charge on any atom is -0.399 e. The zero-order chi connectivity index (χ0) is 15.3. The molecule has 0 bridgehead atoms. The lowest BCUT2D eigenvalue weighted by Gasteiger charge is -2.29. The van der Waals surface area contributed by atoms with Gasteiger partial charge >= 0.3 is 0 Å². The molecule has 0 aliphatic rings. The van der Waals surface area contributed by atoms with Gasteiger partial charge in [0.05, 0.1) is 12.0 Å². The molecule has 0 radical (unpaired) electrons. The molecule has 0 heterocycles. The van der Waals surface area contributed by atoms with E-state index in [1.165, 1.54) is 4.90 Å². The van der Waals surface area contributed by atoms with Crippen LogP contribution in [0.25, 0.3) is 0 Å². The number of rotatable bonds is 5. The van der Waals surface area contributed by atoms with Gasteiger partial charge in [-0.2, -0.15) is 0 Å². The first kappa shape index (κ1) is 16.0. The lowest BCUT2D eigenvalue weighted by molar-refractivity contribution is -0.138. The maximum atomic E-state index is 12.5. The van der Waals surface area contributed by atoms with Crippen LogP contribution in [-0.4, -0.2) is 36.9 Å². The number of nitrogen functional groups attached to an aromatic ring is 1. The summed E-state index contributed by atoms with van der Waals surface area (Å²) in [4.78, 5) is 25.5. The van der Waals surface area contributed by atoms with Gasteiger partial charge in [0.25, 0.3) is 0 Å². The number of nitrogens with one attached hydrogen (secondary N) is 1. The maximum absolute atomic E-state index is 12.5.